The summed E-state index contributed by atoms with van der Waals surface area (Å²) in [4.78, 5) is 10.0. The van der Waals surface area contributed by atoms with Crippen LogP contribution in [0.2, 0.25) is 0 Å². The van der Waals surface area contributed by atoms with E-state index in [1.807, 2.05) is 7.05 Å². The van der Waals surface area contributed by atoms with E-state index in [4.69, 9.17) is 16.2 Å². The molecule has 3 nitrogen and oxygen atoms in total. The summed E-state index contributed by atoms with van der Waals surface area (Å²) in [5, 5.41) is 3.11. The highest BCUT2D eigenvalue weighted by Gasteiger charge is 1.91. The van der Waals surface area contributed by atoms with Crippen LogP contribution < -0.4 is 5.32 Å². The number of hydrogen-bond acceptors (Lipinski definition) is 3. The number of unbranched alkanes of at least 4 members (excludes halogenated alkanes) is 4. The lowest BCUT2D eigenvalue weighted by atomic mass is 10.2. The Morgan fingerprint density at radius 1 is 1.00 bits per heavy atom. The van der Waals surface area contributed by atoms with Gasteiger partial charge in [-0.1, -0.05) is 0 Å². The van der Waals surface area contributed by atoms with E-state index in [0.717, 1.165) is 32.2 Å². The molecule has 0 aliphatic rings. The fourth-order valence-corrected chi connectivity index (χ4v) is 1.15. The summed E-state index contributed by atoms with van der Waals surface area (Å²) in [5.74, 6) is 2.60. The molecule has 0 saturated carbocycles. The molecule has 0 unspecified atom stereocenters. The number of rotatable bonds is 11. The fraction of sp³-hybridized carbons (Fsp3) is 0.833. The van der Waals surface area contributed by atoms with Gasteiger partial charge in [0.2, 0.25) is 0 Å². The highest BCUT2D eigenvalue weighted by Crippen LogP contribution is 1.97. The topological polar surface area (TPSA) is 30.5 Å². The molecule has 1 N–H and O–H groups in total. The Bertz CT molecular complexity index is 154. The summed E-state index contributed by atoms with van der Waals surface area (Å²) in [6.07, 6.45) is 11.4. The van der Waals surface area contributed by atoms with Gasteiger partial charge in [0.25, 0.3) is 0 Å². The first kappa shape index (κ1) is 14.4. The largest absolute Gasteiger partial charge is 0.320 e. The van der Waals surface area contributed by atoms with E-state index in [0.29, 0.717) is 13.2 Å². The molecule has 0 atom stereocenters. The van der Waals surface area contributed by atoms with E-state index < -0.39 is 0 Å². The van der Waals surface area contributed by atoms with Crippen molar-refractivity contribution < 1.29 is 9.78 Å². The van der Waals surface area contributed by atoms with Crippen molar-refractivity contribution in [1.82, 2.24) is 5.32 Å². The zero-order chi connectivity index (χ0) is 11.2. The first-order valence-corrected chi connectivity index (χ1v) is 5.74. The predicted molar refractivity (Wildman–Crippen MR) is 62.4 cm³/mol. The van der Waals surface area contributed by atoms with Crippen molar-refractivity contribution in [3.8, 4) is 12.3 Å². The lowest BCUT2D eigenvalue weighted by Gasteiger charge is -2.03. The van der Waals surface area contributed by atoms with Crippen LogP contribution in [-0.4, -0.2) is 26.8 Å². The monoisotopic (exact) mass is 213 g/mol. The first-order valence-electron chi connectivity index (χ1n) is 5.74. The summed E-state index contributed by atoms with van der Waals surface area (Å²) in [7, 11) is 1.97. The Hall–Kier alpha value is -0.560. The average molecular weight is 213 g/mol. The van der Waals surface area contributed by atoms with Crippen molar-refractivity contribution in [2.24, 2.45) is 0 Å². The molecule has 0 fully saturated rings. The normalized spacial score (nSPS) is 10.1. The molecule has 88 valence electrons. The first-order chi connectivity index (χ1) is 7.41. The van der Waals surface area contributed by atoms with E-state index in [1.165, 1.54) is 12.8 Å². The van der Waals surface area contributed by atoms with Gasteiger partial charge in [0.15, 0.2) is 0 Å². The lowest BCUT2D eigenvalue weighted by Crippen LogP contribution is -2.07. The fourth-order valence-electron chi connectivity index (χ4n) is 1.15. The van der Waals surface area contributed by atoms with Gasteiger partial charge in [0.05, 0.1) is 13.2 Å². The molecule has 0 aromatic carbocycles. The average Bonchev–Trinajstić information content (AvgIpc) is 2.26. The molecule has 0 aromatic heterocycles. The smallest absolute Gasteiger partial charge is 0.0822 e. The zero-order valence-corrected chi connectivity index (χ0v) is 9.76. The van der Waals surface area contributed by atoms with Crippen LogP contribution in [0.4, 0.5) is 0 Å². The molecular weight excluding hydrogens is 190 g/mol. The minimum Gasteiger partial charge on any atom is -0.320 e. The molecule has 0 spiro atoms. The maximum absolute atomic E-state index is 5.12. The molecular formula is C12H23NO2. The molecule has 0 rings (SSSR count). The molecule has 3 heteroatoms. The van der Waals surface area contributed by atoms with E-state index in [-0.39, 0.29) is 0 Å². The van der Waals surface area contributed by atoms with Gasteiger partial charge < -0.3 is 5.32 Å². The lowest BCUT2D eigenvalue weighted by molar-refractivity contribution is -0.295. The predicted octanol–water partition coefficient (Wildman–Crippen LogP) is 2.13. The van der Waals surface area contributed by atoms with Gasteiger partial charge in [0, 0.05) is 6.42 Å². The van der Waals surface area contributed by atoms with E-state index in [2.05, 4.69) is 11.2 Å². The van der Waals surface area contributed by atoms with Crippen LogP contribution in [0.1, 0.15) is 38.5 Å². The molecule has 0 saturated heterocycles. The molecule has 0 aromatic rings. The van der Waals surface area contributed by atoms with E-state index in [1.54, 1.807) is 0 Å². The second-order valence-electron chi connectivity index (χ2n) is 3.47. The second kappa shape index (κ2) is 13.4. The maximum atomic E-state index is 5.12. The SMILES string of the molecule is C#CCCCCOOCCCCCNC. The van der Waals surface area contributed by atoms with E-state index in [9.17, 15) is 0 Å². The van der Waals surface area contributed by atoms with Crippen molar-refractivity contribution in [3.63, 3.8) is 0 Å². The van der Waals surface area contributed by atoms with Crippen LogP contribution >= 0.6 is 0 Å². The van der Waals surface area contributed by atoms with Gasteiger partial charge in [-0.3, -0.25) is 0 Å². The molecule has 0 radical (unpaired) electrons. The Morgan fingerprint density at radius 3 is 2.27 bits per heavy atom. The Kier molecular flexibility index (Phi) is 12.9. The Labute approximate surface area is 93.5 Å². The summed E-state index contributed by atoms with van der Waals surface area (Å²) in [6, 6.07) is 0. The highest BCUT2D eigenvalue weighted by atomic mass is 17.2. The van der Waals surface area contributed by atoms with Crippen LogP contribution in [0.5, 0.6) is 0 Å². The molecule has 0 heterocycles. The third-order valence-electron chi connectivity index (χ3n) is 2.04. The molecule has 0 amide bonds. The highest BCUT2D eigenvalue weighted by molar-refractivity contribution is 4.82. The second-order valence-corrected chi connectivity index (χ2v) is 3.47. The standard InChI is InChI=1S/C12H23NO2/c1-3-4-5-8-11-14-15-12-9-6-7-10-13-2/h1,13H,4-12H2,2H3. The Morgan fingerprint density at radius 2 is 1.67 bits per heavy atom. The van der Waals surface area contributed by atoms with Crippen LogP contribution in [-0.2, 0) is 9.78 Å². The molecule has 0 aliphatic heterocycles. The number of nitrogens with one attached hydrogen (secondary N) is 1. The van der Waals surface area contributed by atoms with Gasteiger partial charge in [-0.2, -0.15) is 0 Å². The third kappa shape index (κ3) is 13.4. The van der Waals surface area contributed by atoms with Crippen molar-refractivity contribution in [1.29, 1.82) is 0 Å². The minimum absolute atomic E-state index is 0.651. The van der Waals surface area contributed by atoms with Gasteiger partial charge in [-0.25, -0.2) is 9.78 Å². The van der Waals surface area contributed by atoms with Gasteiger partial charge >= 0.3 is 0 Å². The van der Waals surface area contributed by atoms with E-state index >= 15 is 0 Å². The quantitative estimate of drug-likeness (QED) is 0.247. The molecule has 0 aliphatic carbocycles. The van der Waals surface area contributed by atoms with Gasteiger partial charge in [0.1, 0.15) is 0 Å². The van der Waals surface area contributed by atoms with Crippen molar-refractivity contribution in [2.45, 2.75) is 38.5 Å². The summed E-state index contributed by atoms with van der Waals surface area (Å²) in [6.45, 7) is 2.42. The van der Waals surface area contributed by atoms with Gasteiger partial charge in [-0.05, 0) is 45.7 Å². The molecule has 0 bridgehead atoms. The number of hydrogen-bond donors (Lipinski definition) is 1. The zero-order valence-electron chi connectivity index (χ0n) is 9.76. The summed E-state index contributed by atoms with van der Waals surface area (Å²) < 4.78 is 0. The van der Waals surface area contributed by atoms with Crippen LogP contribution in [0.15, 0.2) is 0 Å². The van der Waals surface area contributed by atoms with Crippen molar-refractivity contribution in [3.05, 3.63) is 0 Å². The number of terminal acetylenes is 1. The molecule has 15 heavy (non-hydrogen) atoms. The van der Waals surface area contributed by atoms with Crippen molar-refractivity contribution >= 4 is 0 Å². The maximum Gasteiger partial charge on any atom is 0.0822 e. The summed E-state index contributed by atoms with van der Waals surface area (Å²) >= 11 is 0. The third-order valence-corrected chi connectivity index (χ3v) is 2.04. The van der Waals surface area contributed by atoms with Crippen molar-refractivity contribution in [2.75, 3.05) is 26.8 Å². The van der Waals surface area contributed by atoms with Crippen LogP contribution in [0.3, 0.4) is 0 Å². The van der Waals surface area contributed by atoms with Crippen LogP contribution in [0.25, 0.3) is 0 Å². The minimum atomic E-state index is 0.651. The van der Waals surface area contributed by atoms with Gasteiger partial charge in [-0.15, -0.1) is 12.3 Å². The van der Waals surface area contributed by atoms with Crippen LogP contribution in [0, 0.1) is 12.3 Å². The summed E-state index contributed by atoms with van der Waals surface area (Å²) in [5.41, 5.74) is 0. The Balaban J connectivity index is 2.84.